The number of hydrogen-bond acceptors (Lipinski definition) is 2. The van der Waals surface area contributed by atoms with Gasteiger partial charge in [-0.1, -0.05) is 52.0 Å². The predicted octanol–water partition coefficient (Wildman–Crippen LogP) is 6.94. The second kappa shape index (κ2) is 6.28. The van der Waals surface area contributed by atoms with Crippen molar-refractivity contribution in [2.24, 2.45) is 22.7 Å². The molecule has 2 aromatic carbocycles. The van der Waals surface area contributed by atoms with Gasteiger partial charge in [0.1, 0.15) is 11.5 Å². The number of phenolic OH excluding ortho intramolecular Hbond substituents is 2. The molecule has 0 aliphatic heterocycles. The Morgan fingerprint density at radius 1 is 0.633 bits per heavy atom. The summed E-state index contributed by atoms with van der Waals surface area (Å²) in [6.07, 6.45) is 8.03. The second-order valence-electron chi connectivity index (χ2n) is 11.9. The maximum Gasteiger partial charge on any atom is 0.115 e. The fourth-order valence-corrected chi connectivity index (χ4v) is 8.09. The maximum absolute atomic E-state index is 9.83. The fourth-order valence-electron chi connectivity index (χ4n) is 8.09. The Labute approximate surface area is 181 Å². The Bertz CT molecular complexity index is 846. The summed E-state index contributed by atoms with van der Waals surface area (Å²) in [5, 5.41) is 19.7. The predicted molar refractivity (Wildman–Crippen MR) is 122 cm³/mol. The summed E-state index contributed by atoms with van der Waals surface area (Å²) >= 11 is 0. The molecule has 0 atom stereocenters. The molecule has 4 fully saturated rings. The van der Waals surface area contributed by atoms with Crippen LogP contribution in [0.4, 0.5) is 0 Å². The third-order valence-corrected chi connectivity index (χ3v) is 9.89. The SMILES string of the molecule is CC(C)(c1ccc(O)cc1)C12CC3CC(C1)CC(C(C)(C)c1ccc(O)cc1)(C3)C2. The van der Waals surface area contributed by atoms with Crippen LogP contribution in [0.15, 0.2) is 48.5 Å². The number of rotatable bonds is 4. The maximum atomic E-state index is 9.83. The first-order valence-electron chi connectivity index (χ1n) is 11.7. The number of phenols is 2. The average molecular weight is 405 g/mol. The molecule has 2 aromatic rings. The topological polar surface area (TPSA) is 40.5 Å². The molecule has 6 rings (SSSR count). The molecule has 0 heterocycles. The monoisotopic (exact) mass is 404 g/mol. The van der Waals surface area contributed by atoms with Crippen molar-refractivity contribution in [1.29, 1.82) is 0 Å². The molecule has 4 bridgehead atoms. The Balaban J connectivity index is 1.58. The largest absolute Gasteiger partial charge is 0.508 e. The smallest absolute Gasteiger partial charge is 0.115 e. The molecule has 0 unspecified atom stereocenters. The van der Waals surface area contributed by atoms with Crippen LogP contribution in [0.1, 0.15) is 77.3 Å². The summed E-state index contributed by atoms with van der Waals surface area (Å²) in [5.41, 5.74) is 3.49. The average Bonchev–Trinajstić information content (AvgIpc) is 2.67. The molecular weight excluding hydrogens is 368 g/mol. The first kappa shape index (κ1) is 20.0. The molecule has 4 saturated carbocycles. The number of aromatic hydroxyl groups is 2. The number of hydrogen-bond donors (Lipinski definition) is 2. The van der Waals surface area contributed by atoms with Crippen molar-refractivity contribution in [3.8, 4) is 11.5 Å². The lowest BCUT2D eigenvalue weighted by Crippen LogP contribution is -2.62. The van der Waals surface area contributed by atoms with Gasteiger partial charge < -0.3 is 10.2 Å². The van der Waals surface area contributed by atoms with Crippen molar-refractivity contribution >= 4 is 0 Å². The van der Waals surface area contributed by atoms with E-state index in [1.54, 1.807) is 0 Å². The highest BCUT2D eigenvalue weighted by Gasteiger charge is 2.65. The van der Waals surface area contributed by atoms with E-state index in [4.69, 9.17) is 0 Å². The van der Waals surface area contributed by atoms with Crippen molar-refractivity contribution in [2.75, 3.05) is 0 Å². The molecule has 2 nitrogen and oxygen atoms in total. The summed E-state index contributed by atoms with van der Waals surface area (Å²) in [5.74, 6) is 2.34. The van der Waals surface area contributed by atoms with Crippen LogP contribution in [0, 0.1) is 22.7 Å². The van der Waals surface area contributed by atoms with Gasteiger partial charge in [-0.2, -0.15) is 0 Å². The third kappa shape index (κ3) is 2.68. The van der Waals surface area contributed by atoms with E-state index in [2.05, 4.69) is 52.0 Å². The van der Waals surface area contributed by atoms with Crippen LogP contribution < -0.4 is 0 Å². The van der Waals surface area contributed by atoms with Crippen molar-refractivity contribution < 1.29 is 10.2 Å². The normalized spacial score (nSPS) is 33.1. The van der Waals surface area contributed by atoms with Gasteiger partial charge in [0.2, 0.25) is 0 Å². The Morgan fingerprint density at radius 3 is 1.30 bits per heavy atom. The van der Waals surface area contributed by atoms with E-state index in [0.29, 0.717) is 22.3 Å². The fraction of sp³-hybridized carbons (Fsp3) is 0.571. The molecular formula is C28H36O2. The first-order chi connectivity index (χ1) is 14.1. The van der Waals surface area contributed by atoms with Gasteiger partial charge in [0, 0.05) is 0 Å². The van der Waals surface area contributed by atoms with Gasteiger partial charge in [0.25, 0.3) is 0 Å². The van der Waals surface area contributed by atoms with Gasteiger partial charge in [-0.05, 0) is 107 Å². The van der Waals surface area contributed by atoms with E-state index in [9.17, 15) is 10.2 Å². The molecule has 30 heavy (non-hydrogen) atoms. The van der Waals surface area contributed by atoms with Crippen LogP contribution in [0.2, 0.25) is 0 Å². The Hall–Kier alpha value is -1.96. The van der Waals surface area contributed by atoms with Crippen LogP contribution in [0.25, 0.3) is 0 Å². The molecule has 0 radical (unpaired) electrons. The van der Waals surface area contributed by atoms with Gasteiger partial charge in [-0.25, -0.2) is 0 Å². The standard InChI is InChI=1S/C28H36O2/c1-25(2,21-5-9-23(29)10-6-21)27-14-19-13-20(15-27)17-28(16-19,18-27)26(3,4)22-7-11-24(30)12-8-22/h5-12,19-20,29-30H,13-18H2,1-4H3. The van der Waals surface area contributed by atoms with Gasteiger partial charge >= 0.3 is 0 Å². The second-order valence-corrected chi connectivity index (χ2v) is 11.9. The van der Waals surface area contributed by atoms with E-state index < -0.39 is 0 Å². The molecule has 0 spiro atoms. The van der Waals surface area contributed by atoms with E-state index in [1.807, 2.05) is 24.3 Å². The minimum Gasteiger partial charge on any atom is -0.508 e. The summed E-state index contributed by atoms with van der Waals surface area (Å²) in [7, 11) is 0. The highest BCUT2D eigenvalue weighted by atomic mass is 16.3. The summed E-state index contributed by atoms with van der Waals surface area (Å²) in [6.45, 7) is 9.81. The van der Waals surface area contributed by atoms with Crippen molar-refractivity contribution in [3.63, 3.8) is 0 Å². The summed E-state index contributed by atoms with van der Waals surface area (Å²) < 4.78 is 0. The van der Waals surface area contributed by atoms with E-state index in [1.165, 1.54) is 49.7 Å². The third-order valence-electron chi connectivity index (χ3n) is 9.89. The molecule has 160 valence electrons. The molecule has 2 heteroatoms. The molecule has 2 N–H and O–H groups in total. The molecule has 4 aliphatic rings. The van der Waals surface area contributed by atoms with Crippen LogP contribution in [0.3, 0.4) is 0 Å². The minimum atomic E-state index is 0.0781. The molecule has 0 saturated heterocycles. The zero-order valence-corrected chi connectivity index (χ0v) is 18.9. The van der Waals surface area contributed by atoms with Gasteiger partial charge in [-0.15, -0.1) is 0 Å². The lowest BCUT2D eigenvalue weighted by Gasteiger charge is -2.70. The zero-order chi connectivity index (χ0) is 21.4. The van der Waals surface area contributed by atoms with Crippen LogP contribution in [-0.4, -0.2) is 10.2 Å². The van der Waals surface area contributed by atoms with E-state index >= 15 is 0 Å². The molecule has 0 amide bonds. The van der Waals surface area contributed by atoms with Crippen molar-refractivity contribution in [1.82, 2.24) is 0 Å². The molecule has 4 aliphatic carbocycles. The lowest BCUT2D eigenvalue weighted by atomic mass is 9.34. The van der Waals surface area contributed by atoms with Gasteiger partial charge in [-0.3, -0.25) is 0 Å². The minimum absolute atomic E-state index is 0.0781. The quantitative estimate of drug-likeness (QED) is 0.579. The van der Waals surface area contributed by atoms with Gasteiger partial charge in [0.05, 0.1) is 0 Å². The van der Waals surface area contributed by atoms with Crippen molar-refractivity contribution in [3.05, 3.63) is 59.7 Å². The first-order valence-corrected chi connectivity index (χ1v) is 11.7. The summed E-state index contributed by atoms with van der Waals surface area (Å²) in [4.78, 5) is 0. The summed E-state index contributed by atoms with van der Waals surface area (Å²) in [6, 6.07) is 16.0. The van der Waals surface area contributed by atoms with E-state index in [-0.39, 0.29) is 10.8 Å². The van der Waals surface area contributed by atoms with Crippen LogP contribution >= 0.6 is 0 Å². The molecule has 0 aromatic heterocycles. The Kier molecular flexibility index (Phi) is 4.18. The Morgan fingerprint density at radius 2 is 0.967 bits per heavy atom. The van der Waals surface area contributed by atoms with Gasteiger partial charge in [0.15, 0.2) is 0 Å². The lowest BCUT2D eigenvalue weighted by molar-refractivity contribution is -0.165. The van der Waals surface area contributed by atoms with Crippen LogP contribution in [0.5, 0.6) is 11.5 Å². The van der Waals surface area contributed by atoms with Crippen LogP contribution in [-0.2, 0) is 10.8 Å². The number of benzene rings is 2. The van der Waals surface area contributed by atoms with E-state index in [0.717, 1.165) is 11.8 Å². The highest BCUT2D eigenvalue weighted by Crippen LogP contribution is 2.73. The highest BCUT2D eigenvalue weighted by molar-refractivity contribution is 5.37. The van der Waals surface area contributed by atoms with Crippen molar-refractivity contribution in [2.45, 2.75) is 77.0 Å². The zero-order valence-electron chi connectivity index (χ0n) is 18.9.